The van der Waals surface area contributed by atoms with Gasteiger partial charge in [-0.3, -0.25) is 0 Å². The van der Waals surface area contributed by atoms with Crippen molar-refractivity contribution in [1.29, 1.82) is 0 Å². The van der Waals surface area contributed by atoms with E-state index in [1.165, 1.54) is 44.9 Å². The van der Waals surface area contributed by atoms with Gasteiger partial charge in [0.15, 0.2) is 0 Å². The third-order valence-corrected chi connectivity index (χ3v) is 3.20. The molecule has 5 heteroatoms. The van der Waals surface area contributed by atoms with Crippen molar-refractivity contribution in [2.24, 2.45) is 5.73 Å². The molecule has 0 saturated carbocycles. The standard InChI is InChI=1S/C12H26NO3P/c13-11-9-7-5-3-1-2-4-6-8-10-12-16-17(14)15/h1-13H2/p+1. The number of rotatable bonds is 13. The van der Waals surface area contributed by atoms with Crippen molar-refractivity contribution in [2.75, 3.05) is 13.2 Å². The van der Waals surface area contributed by atoms with Crippen LogP contribution in [0.4, 0.5) is 0 Å². The van der Waals surface area contributed by atoms with Gasteiger partial charge in [0.2, 0.25) is 0 Å². The predicted octanol–water partition coefficient (Wildman–Crippen LogP) is 3.51. The minimum Gasteiger partial charge on any atom is -0.330 e. The van der Waals surface area contributed by atoms with Crippen LogP contribution in [0.25, 0.3) is 0 Å². The molecular formula is C12H27NO3P+. The Kier molecular flexibility index (Phi) is 14.0. The van der Waals surface area contributed by atoms with Gasteiger partial charge in [-0.25, -0.2) is 0 Å². The Morgan fingerprint density at radius 1 is 0.824 bits per heavy atom. The van der Waals surface area contributed by atoms with Crippen LogP contribution in [0.3, 0.4) is 0 Å². The van der Waals surface area contributed by atoms with E-state index in [1.54, 1.807) is 0 Å². The van der Waals surface area contributed by atoms with E-state index in [0.717, 1.165) is 25.8 Å². The van der Waals surface area contributed by atoms with Crippen LogP contribution in [0.5, 0.6) is 0 Å². The molecule has 0 bridgehead atoms. The van der Waals surface area contributed by atoms with Crippen molar-refractivity contribution in [3.05, 3.63) is 0 Å². The molecule has 0 aliphatic rings. The second kappa shape index (κ2) is 14.0. The van der Waals surface area contributed by atoms with Crippen molar-refractivity contribution >= 4 is 8.25 Å². The van der Waals surface area contributed by atoms with Crippen LogP contribution < -0.4 is 5.73 Å². The molecule has 3 N–H and O–H groups in total. The maximum absolute atomic E-state index is 10.2. The van der Waals surface area contributed by atoms with Gasteiger partial charge >= 0.3 is 8.25 Å². The summed E-state index contributed by atoms with van der Waals surface area (Å²) in [5.74, 6) is 0. The normalized spacial score (nSPS) is 11.8. The van der Waals surface area contributed by atoms with Gasteiger partial charge in [-0.05, 0) is 19.4 Å². The Balaban J connectivity index is 2.91. The van der Waals surface area contributed by atoms with E-state index in [2.05, 4.69) is 4.52 Å². The van der Waals surface area contributed by atoms with Crippen molar-refractivity contribution < 1.29 is 14.0 Å². The fourth-order valence-electron chi connectivity index (χ4n) is 1.80. The summed E-state index contributed by atoms with van der Waals surface area (Å²) in [4.78, 5) is 8.39. The number of unbranched alkanes of at least 4 members (excludes halogenated alkanes) is 9. The first-order chi connectivity index (χ1) is 8.27. The topological polar surface area (TPSA) is 72.5 Å². The summed E-state index contributed by atoms with van der Waals surface area (Å²) >= 11 is 0. The lowest BCUT2D eigenvalue weighted by Crippen LogP contribution is -1.97. The van der Waals surface area contributed by atoms with E-state index in [9.17, 15) is 4.57 Å². The first-order valence-corrected chi connectivity index (χ1v) is 7.89. The summed E-state index contributed by atoms with van der Waals surface area (Å²) in [6.45, 7) is 1.23. The zero-order valence-corrected chi connectivity index (χ0v) is 11.7. The van der Waals surface area contributed by atoms with E-state index in [-0.39, 0.29) is 0 Å². The Morgan fingerprint density at radius 3 is 1.65 bits per heavy atom. The molecule has 4 nitrogen and oxygen atoms in total. The van der Waals surface area contributed by atoms with Crippen molar-refractivity contribution in [3.63, 3.8) is 0 Å². The molecule has 0 aromatic rings. The Hall–Kier alpha value is -0.0200. The maximum Gasteiger partial charge on any atom is 0.694 e. The molecular weight excluding hydrogens is 237 g/mol. The monoisotopic (exact) mass is 264 g/mol. The molecule has 0 amide bonds. The minimum absolute atomic E-state index is 0.408. The molecule has 17 heavy (non-hydrogen) atoms. The molecule has 0 aliphatic heterocycles. The van der Waals surface area contributed by atoms with E-state index in [1.807, 2.05) is 0 Å². The maximum atomic E-state index is 10.2. The van der Waals surface area contributed by atoms with Gasteiger partial charge in [0.25, 0.3) is 0 Å². The first kappa shape index (κ1) is 17.0. The first-order valence-electron chi connectivity index (χ1n) is 6.76. The Bertz CT molecular complexity index is 179. The molecule has 1 atom stereocenters. The van der Waals surface area contributed by atoms with Gasteiger partial charge in [-0.2, -0.15) is 0 Å². The van der Waals surface area contributed by atoms with E-state index >= 15 is 0 Å². The number of hydrogen-bond acceptors (Lipinski definition) is 3. The zero-order chi connectivity index (χ0) is 12.8. The zero-order valence-electron chi connectivity index (χ0n) is 10.8. The molecule has 0 aromatic carbocycles. The van der Waals surface area contributed by atoms with Crippen molar-refractivity contribution in [2.45, 2.75) is 64.2 Å². The van der Waals surface area contributed by atoms with Gasteiger partial charge in [-0.1, -0.05) is 51.4 Å². The molecule has 0 aromatic heterocycles. The van der Waals surface area contributed by atoms with Crippen LogP contribution in [0.1, 0.15) is 64.2 Å². The minimum atomic E-state index is -2.40. The molecule has 0 aliphatic carbocycles. The summed E-state index contributed by atoms with van der Waals surface area (Å²) in [6.07, 6.45) is 12.1. The lowest BCUT2D eigenvalue weighted by molar-refractivity contribution is 0.273. The van der Waals surface area contributed by atoms with Crippen LogP contribution >= 0.6 is 8.25 Å². The Morgan fingerprint density at radius 2 is 1.24 bits per heavy atom. The summed E-state index contributed by atoms with van der Waals surface area (Å²) in [6, 6.07) is 0. The molecule has 0 spiro atoms. The van der Waals surface area contributed by atoms with Crippen molar-refractivity contribution in [3.8, 4) is 0 Å². The fraction of sp³-hybridized carbons (Fsp3) is 1.00. The summed E-state index contributed by atoms with van der Waals surface area (Å²) in [5.41, 5.74) is 5.42. The van der Waals surface area contributed by atoms with Gasteiger partial charge < -0.3 is 5.73 Å². The van der Waals surface area contributed by atoms with Crippen LogP contribution in [-0.2, 0) is 9.09 Å². The lowest BCUT2D eigenvalue weighted by atomic mass is 10.1. The molecule has 102 valence electrons. The highest BCUT2D eigenvalue weighted by atomic mass is 31.1. The largest absolute Gasteiger partial charge is 0.694 e. The molecule has 1 unspecified atom stereocenters. The molecule has 0 rings (SSSR count). The van der Waals surface area contributed by atoms with Crippen LogP contribution in [0, 0.1) is 0 Å². The molecule has 0 heterocycles. The highest BCUT2D eigenvalue weighted by Crippen LogP contribution is 2.16. The summed E-state index contributed by atoms with van der Waals surface area (Å²) in [5, 5.41) is 0. The van der Waals surface area contributed by atoms with Crippen LogP contribution in [0.2, 0.25) is 0 Å². The van der Waals surface area contributed by atoms with E-state index in [4.69, 9.17) is 10.6 Å². The lowest BCUT2D eigenvalue weighted by Gasteiger charge is -2.01. The van der Waals surface area contributed by atoms with Gasteiger partial charge in [0, 0.05) is 4.57 Å². The second-order valence-electron chi connectivity index (χ2n) is 4.40. The Labute approximate surface area is 106 Å². The van der Waals surface area contributed by atoms with Crippen molar-refractivity contribution in [1.82, 2.24) is 0 Å². The third-order valence-electron chi connectivity index (χ3n) is 2.80. The van der Waals surface area contributed by atoms with E-state index < -0.39 is 8.25 Å². The number of nitrogens with two attached hydrogens (primary N) is 1. The van der Waals surface area contributed by atoms with Crippen LogP contribution in [-0.4, -0.2) is 18.0 Å². The molecule has 0 radical (unpaired) electrons. The molecule has 0 saturated heterocycles. The smallest absolute Gasteiger partial charge is 0.330 e. The predicted molar refractivity (Wildman–Crippen MR) is 71.0 cm³/mol. The van der Waals surface area contributed by atoms with Gasteiger partial charge in [-0.15, -0.1) is 9.42 Å². The molecule has 0 fully saturated rings. The van der Waals surface area contributed by atoms with E-state index in [0.29, 0.717) is 6.61 Å². The summed E-state index contributed by atoms with van der Waals surface area (Å²) in [7, 11) is -2.40. The highest BCUT2D eigenvalue weighted by molar-refractivity contribution is 7.32. The average molecular weight is 264 g/mol. The van der Waals surface area contributed by atoms with Gasteiger partial charge in [0.05, 0.1) is 0 Å². The highest BCUT2D eigenvalue weighted by Gasteiger charge is 2.09. The van der Waals surface area contributed by atoms with Crippen LogP contribution in [0.15, 0.2) is 0 Å². The van der Waals surface area contributed by atoms with Gasteiger partial charge in [0.1, 0.15) is 6.61 Å². The second-order valence-corrected chi connectivity index (χ2v) is 5.13. The quantitative estimate of drug-likeness (QED) is 0.394. The number of hydrogen-bond donors (Lipinski definition) is 2. The third kappa shape index (κ3) is 16.0. The summed E-state index contributed by atoms with van der Waals surface area (Å²) < 4.78 is 14.8. The fourth-order valence-corrected chi connectivity index (χ4v) is 2.09. The SMILES string of the molecule is NCCCCCCCCCCCCO[P+](=O)O. The average Bonchev–Trinajstić information content (AvgIpc) is 2.30.